The predicted octanol–water partition coefficient (Wildman–Crippen LogP) is 5.82. The van der Waals surface area contributed by atoms with Gasteiger partial charge in [-0.2, -0.15) is 0 Å². The summed E-state index contributed by atoms with van der Waals surface area (Å²) in [5.74, 6) is 0.302. The van der Waals surface area contributed by atoms with E-state index in [-0.39, 0.29) is 18.9 Å². The molecule has 0 unspecified atom stereocenters. The Morgan fingerprint density at radius 2 is 1.89 bits per heavy atom. The van der Waals surface area contributed by atoms with Gasteiger partial charge in [0.05, 0.1) is 13.7 Å². The van der Waals surface area contributed by atoms with Crippen molar-refractivity contribution in [3.05, 3.63) is 104 Å². The van der Waals surface area contributed by atoms with Gasteiger partial charge >= 0.3 is 5.97 Å². The molecule has 1 N–H and O–H groups in total. The summed E-state index contributed by atoms with van der Waals surface area (Å²) < 4.78 is 18.1. The second kappa shape index (κ2) is 11.9. The first-order valence-electron chi connectivity index (χ1n) is 11.6. The van der Waals surface area contributed by atoms with E-state index in [1.807, 2.05) is 24.3 Å². The summed E-state index contributed by atoms with van der Waals surface area (Å²) >= 11 is 3.57. The van der Waals surface area contributed by atoms with Crippen LogP contribution in [-0.2, 0) is 20.7 Å². The van der Waals surface area contributed by atoms with Gasteiger partial charge in [-0.3, -0.25) is 0 Å². The van der Waals surface area contributed by atoms with Gasteiger partial charge in [-0.25, -0.2) is 9.79 Å². The molecule has 4 rings (SSSR count). The van der Waals surface area contributed by atoms with E-state index in [4.69, 9.17) is 29.8 Å². The molecule has 0 amide bonds. The highest BCUT2D eigenvalue weighted by Crippen LogP contribution is 2.46. The lowest BCUT2D eigenvalue weighted by Gasteiger charge is -2.30. The highest BCUT2D eigenvalue weighted by molar-refractivity contribution is 9.10. The number of aliphatic imine (C=N–C) groups is 1. The number of aliphatic hydroxyl groups is 1. The van der Waals surface area contributed by atoms with Crippen molar-refractivity contribution in [2.75, 3.05) is 20.3 Å². The maximum Gasteiger partial charge on any atom is 0.338 e. The third-order valence-corrected chi connectivity index (χ3v) is 6.74. The predicted molar refractivity (Wildman–Crippen MR) is 142 cm³/mol. The van der Waals surface area contributed by atoms with Crippen LogP contribution in [0.5, 0.6) is 5.75 Å². The molecule has 2 atom stereocenters. The Kier molecular flexibility index (Phi) is 8.45. The van der Waals surface area contributed by atoms with Crippen LogP contribution in [0.2, 0.25) is 0 Å². The average Bonchev–Trinajstić information content (AvgIpc) is 3.31. The Hall–Kier alpha value is -3.85. The molecule has 0 saturated carbocycles. The number of azide groups is 1. The van der Waals surface area contributed by atoms with Gasteiger partial charge in [-0.1, -0.05) is 63.5 Å². The second-order valence-corrected chi connectivity index (χ2v) is 9.15. The van der Waals surface area contributed by atoms with E-state index >= 15 is 0 Å². The topological polar surface area (TPSA) is 126 Å². The Labute approximate surface area is 222 Å². The normalized spacial score (nSPS) is 18.4. The zero-order valence-electron chi connectivity index (χ0n) is 20.1. The van der Waals surface area contributed by atoms with E-state index in [9.17, 15) is 4.79 Å². The number of benzene rings is 3. The van der Waals surface area contributed by atoms with Crippen LogP contribution in [0.15, 0.2) is 87.4 Å². The lowest BCUT2D eigenvalue weighted by atomic mass is 9.82. The van der Waals surface area contributed by atoms with Crippen molar-refractivity contribution in [1.29, 1.82) is 0 Å². The fourth-order valence-corrected chi connectivity index (χ4v) is 4.62. The molecule has 0 saturated heterocycles. The Morgan fingerprint density at radius 3 is 2.59 bits per heavy atom. The van der Waals surface area contributed by atoms with Gasteiger partial charge in [0.15, 0.2) is 6.10 Å². The van der Waals surface area contributed by atoms with Crippen molar-refractivity contribution in [2.24, 2.45) is 10.1 Å². The number of methoxy groups -OCH3 is 1. The van der Waals surface area contributed by atoms with Crippen LogP contribution >= 0.6 is 15.9 Å². The Morgan fingerprint density at radius 1 is 1.16 bits per heavy atom. The summed E-state index contributed by atoms with van der Waals surface area (Å²) in [6.07, 6.45) is -0.229. The first kappa shape index (κ1) is 26.2. The number of ether oxygens (including phenoxy) is 3. The van der Waals surface area contributed by atoms with E-state index in [0.717, 1.165) is 10.0 Å². The van der Waals surface area contributed by atoms with Gasteiger partial charge in [-0.05, 0) is 41.4 Å². The molecule has 0 aromatic heterocycles. The third-order valence-electron chi connectivity index (χ3n) is 5.97. The molecule has 1 aliphatic rings. The highest BCUT2D eigenvalue weighted by Gasteiger charge is 2.55. The van der Waals surface area contributed by atoms with Crippen LogP contribution in [0.1, 0.15) is 29.2 Å². The minimum Gasteiger partial charge on any atom is -0.494 e. The summed E-state index contributed by atoms with van der Waals surface area (Å²) in [7, 11) is 1.31. The maximum absolute atomic E-state index is 13.5. The minimum absolute atomic E-state index is 0.0502. The molecular formula is C27H25BrN4O5. The number of nitrogens with zero attached hydrogens (tertiary/aromatic N) is 4. The quantitative estimate of drug-likeness (QED) is 0.109. The first-order chi connectivity index (χ1) is 18.0. The van der Waals surface area contributed by atoms with Gasteiger partial charge in [0, 0.05) is 45.6 Å². The number of hydrogen-bond donors (Lipinski definition) is 1. The van der Waals surface area contributed by atoms with E-state index < -0.39 is 17.6 Å². The lowest BCUT2D eigenvalue weighted by Crippen LogP contribution is -2.44. The number of rotatable bonds is 10. The fraction of sp³-hybridized carbons (Fsp3) is 0.259. The minimum atomic E-state index is -1.49. The van der Waals surface area contributed by atoms with Crippen LogP contribution in [0.3, 0.4) is 0 Å². The molecule has 0 bridgehead atoms. The molecular weight excluding hydrogens is 540 g/mol. The zero-order chi connectivity index (χ0) is 26.3. The number of halogens is 1. The third kappa shape index (κ3) is 5.61. The molecule has 1 aliphatic heterocycles. The summed E-state index contributed by atoms with van der Waals surface area (Å²) in [6, 6.07) is 21.6. The van der Waals surface area contributed by atoms with Crippen LogP contribution in [-0.4, -0.2) is 42.8 Å². The SMILES string of the molecule is COC(=O)[C@]1(Cc2ccccc2Br)N=C(c2ccc(OCCCO)cc2)O[C@@H]1c1ccccc1N=[N+]=[N-]. The zero-order valence-corrected chi connectivity index (χ0v) is 21.7. The molecule has 0 radical (unpaired) electrons. The highest BCUT2D eigenvalue weighted by atomic mass is 79.9. The molecule has 0 spiro atoms. The van der Waals surface area contributed by atoms with Crippen LogP contribution in [0.4, 0.5) is 5.69 Å². The van der Waals surface area contributed by atoms with Crippen LogP contribution in [0.25, 0.3) is 10.4 Å². The van der Waals surface area contributed by atoms with Crippen molar-refractivity contribution in [3.8, 4) is 5.75 Å². The Balaban J connectivity index is 1.82. The number of aliphatic hydroxyl groups excluding tert-OH is 1. The monoisotopic (exact) mass is 564 g/mol. The summed E-state index contributed by atoms with van der Waals surface area (Å²) in [6.45, 7) is 0.442. The molecule has 9 nitrogen and oxygen atoms in total. The van der Waals surface area contributed by atoms with E-state index in [0.29, 0.717) is 35.6 Å². The van der Waals surface area contributed by atoms with Crippen molar-refractivity contribution >= 4 is 33.5 Å². The van der Waals surface area contributed by atoms with E-state index in [2.05, 4.69) is 26.0 Å². The van der Waals surface area contributed by atoms with E-state index in [1.165, 1.54) is 7.11 Å². The van der Waals surface area contributed by atoms with Crippen molar-refractivity contribution in [2.45, 2.75) is 24.5 Å². The van der Waals surface area contributed by atoms with Crippen molar-refractivity contribution < 1.29 is 24.1 Å². The Bertz CT molecular complexity index is 1340. The molecule has 0 fully saturated rings. The van der Waals surface area contributed by atoms with Gasteiger partial charge < -0.3 is 19.3 Å². The van der Waals surface area contributed by atoms with E-state index in [1.54, 1.807) is 48.5 Å². The number of hydrogen-bond acceptors (Lipinski definition) is 7. The molecule has 190 valence electrons. The van der Waals surface area contributed by atoms with Crippen molar-refractivity contribution in [3.63, 3.8) is 0 Å². The lowest BCUT2D eigenvalue weighted by molar-refractivity contribution is -0.149. The summed E-state index contributed by atoms with van der Waals surface area (Å²) in [5, 5.41) is 12.8. The van der Waals surface area contributed by atoms with Gasteiger partial charge in [0.25, 0.3) is 0 Å². The second-order valence-electron chi connectivity index (χ2n) is 8.30. The summed E-state index contributed by atoms with van der Waals surface area (Å²) in [4.78, 5) is 21.3. The first-order valence-corrected chi connectivity index (χ1v) is 12.4. The number of carbonyl (C=O) groups is 1. The molecule has 37 heavy (non-hydrogen) atoms. The summed E-state index contributed by atoms with van der Waals surface area (Å²) in [5.41, 5.74) is 9.97. The molecule has 10 heteroatoms. The molecule has 3 aromatic carbocycles. The fourth-order valence-electron chi connectivity index (χ4n) is 4.19. The van der Waals surface area contributed by atoms with Crippen LogP contribution < -0.4 is 4.74 Å². The van der Waals surface area contributed by atoms with Crippen LogP contribution in [0, 0.1) is 0 Å². The number of esters is 1. The van der Waals surface area contributed by atoms with Crippen molar-refractivity contribution in [1.82, 2.24) is 0 Å². The smallest absolute Gasteiger partial charge is 0.338 e. The average molecular weight is 565 g/mol. The molecule has 0 aliphatic carbocycles. The standard InChI is InChI=1S/C27H25BrN4O5/c1-35-26(34)27(17-19-7-2-4-9-22(19)28)24(21-8-3-5-10-23(21)31-32-29)37-25(30-27)18-11-13-20(14-12-18)36-16-6-15-33/h2-5,7-14,24,33H,6,15-17H2,1H3/t24-,27-/m1/s1. The van der Waals surface area contributed by atoms with Gasteiger partial charge in [-0.15, -0.1) is 0 Å². The molecule has 3 aromatic rings. The number of carbonyl (C=O) groups excluding carboxylic acids is 1. The molecule has 1 heterocycles. The van der Waals surface area contributed by atoms with Gasteiger partial charge in [0.1, 0.15) is 5.75 Å². The van der Waals surface area contributed by atoms with Gasteiger partial charge in [0.2, 0.25) is 11.4 Å². The largest absolute Gasteiger partial charge is 0.494 e. The maximum atomic E-state index is 13.5.